The highest BCUT2D eigenvalue weighted by Gasteiger charge is 2.38. The van der Waals surface area contributed by atoms with E-state index in [2.05, 4.69) is 15.9 Å². The van der Waals surface area contributed by atoms with Crippen molar-refractivity contribution in [2.45, 2.75) is 77.2 Å². The molecule has 12 heteroatoms. The van der Waals surface area contributed by atoms with Crippen molar-refractivity contribution >= 4 is 28.9 Å². The Morgan fingerprint density at radius 2 is 1.56 bits per heavy atom. The number of imidazole rings is 1. The maximum absolute atomic E-state index is 13.8. The van der Waals surface area contributed by atoms with E-state index < -0.39 is 11.6 Å². The summed E-state index contributed by atoms with van der Waals surface area (Å²) in [7, 11) is 3.35. The van der Waals surface area contributed by atoms with Gasteiger partial charge in [-0.25, -0.2) is 9.59 Å². The molecule has 3 aliphatic rings. The second kappa shape index (κ2) is 13.8. The highest BCUT2D eigenvalue weighted by atomic mass is 16.6. The van der Waals surface area contributed by atoms with Crippen LogP contribution in [0.3, 0.4) is 0 Å². The number of aromatic nitrogens is 2. The average Bonchev–Trinajstić information content (AvgIpc) is 3.32. The molecule has 12 nitrogen and oxygen atoms in total. The molecule has 3 aliphatic heterocycles. The van der Waals surface area contributed by atoms with Gasteiger partial charge in [-0.2, -0.15) is 0 Å². The first-order valence-corrected chi connectivity index (χ1v) is 17.0. The van der Waals surface area contributed by atoms with Gasteiger partial charge in [-0.15, -0.1) is 0 Å². The number of hydrogen-bond acceptors (Lipinski definition) is 8. The van der Waals surface area contributed by atoms with E-state index in [-0.39, 0.29) is 36.6 Å². The van der Waals surface area contributed by atoms with Crippen LogP contribution in [-0.4, -0.2) is 105 Å². The van der Waals surface area contributed by atoms with E-state index in [1.54, 1.807) is 35.4 Å². The number of amides is 3. The van der Waals surface area contributed by atoms with Crippen LogP contribution in [0.25, 0.3) is 11.0 Å². The molecule has 48 heavy (non-hydrogen) atoms. The van der Waals surface area contributed by atoms with Crippen molar-refractivity contribution < 1.29 is 23.9 Å². The number of para-hydroxylation sites is 1. The monoisotopic (exact) mass is 660 g/mol. The Balaban J connectivity index is 1.11. The van der Waals surface area contributed by atoms with E-state index >= 15 is 0 Å². The van der Waals surface area contributed by atoms with Gasteiger partial charge in [-0.3, -0.25) is 33.4 Å². The molecular formula is C36H48N6O6. The SMILES string of the molecule is COc1ccc(CN2C(=O)CCC(n3c(=O)n(C)c4c(CN5CCN(C6CCN(C(=O)OC(C)(C)C)CC6)CC5)cccc43)C2=O)cc1. The molecule has 3 aromatic rings. The molecule has 6 rings (SSSR count). The molecule has 3 amide bonds. The second-order valence-corrected chi connectivity index (χ2v) is 14.2. The van der Waals surface area contributed by atoms with Crippen LogP contribution in [0.1, 0.15) is 63.6 Å². The van der Waals surface area contributed by atoms with Crippen LogP contribution < -0.4 is 10.4 Å². The molecule has 1 unspecified atom stereocenters. The van der Waals surface area contributed by atoms with Crippen LogP contribution in [0.4, 0.5) is 4.79 Å². The van der Waals surface area contributed by atoms with E-state index in [4.69, 9.17) is 9.47 Å². The summed E-state index contributed by atoms with van der Waals surface area (Å²) in [6, 6.07) is 12.9. The van der Waals surface area contributed by atoms with Crippen LogP contribution in [-0.2, 0) is 34.5 Å². The van der Waals surface area contributed by atoms with Gasteiger partial charge in [-0.05, 0) is 69.4 Å². The summed E-state index contributed by atoms with van der Waals surface area (Å²) in [6.45, 7) is 11.7. The predicted octanol–water partition coefficient (Wildman–Crippen LogP) is 3.76. The number of hydrogen-bond donors (Lipinski definition) is 0. The van der Waals surface area contributed by atoms with Crippen LogP contribution in [0.5, 0.6) is 5.75 Å². The number of carbonyl (C=O) groups is 3. The van der Waals surface area contributed by atoms with Gasteiger partial charge in [0.15, 0.2) is 0 Å². The van der Waals surface area contributed by atoms with Gasteiger partial charge in [0.05, 0.1) is 24.7 Å². The lowest BCUT2D eigenvalue weighted by molar-refractivity contribution is -0.151. The molecule has 258 valence electrons. The molecule has 0 aliphatic carbocycles. The first kappa shape index (κ1) is 33.7. The van der Waals surface area contributed by atoms with Crippen molar-refractivity contribution in [1.29, 1.82) is 0 Å². The maximum Gasteiger partial charge on any atom is 0.410 e. The van der Waals surface area contributed by atoms with Crippen molar-refractivity contribution in [3.8, 4) is 5.75 Å². The van der Waals surface area contributed by atoms with Crippen molar-refractivity contribution in [3.63, 3.8) is 0 Å². The summed E-state index contributed by atoms with van der Waals surface area (Å²) < 4.78 is 14.0. The molecule has 3 fully saturated rings. The number of benzene rings is 2. The van der Waals surface area contributed by atoms with Crippen LogP contribution in [0, 0.1) is 0 Å². The number of ether oxygens (including phenoxy) is 2. The quantitative estimate of drug-likeness (QED) is 0.353. The number of piperazine rings is 1. The molecule has 0 saturated carbocycles. The van der Waals surface area contributed by atoms with E-state index in [0.29, 0.717) is 43.4 Å². The predicted molar refractivity (Wildman–Crippen MR) is 182 cm³/mol. The Morgan fingerprint density at radius 1 is 0.875 bits per heavy atom. The first-order valence-electron chi connectivity index (χ1n) is 17.0. The lowest BCUT2D eigenvalue weighted by Crippen LogP contribution is -2.53. The minimum absolute atomic E-state index is 0.151. The maximum atomic E-state index is 13.8. The van der Waals surface area contributed by atoms with Gasteiger partial charge in [-0.1, -0.05) is 24.3 Å². The van der Waals surface area contributed by atoms with Crippen LogP contribution in [0.2, 0.25) is 0 Å². The Kier molecular flexibility index (Phi) is 9.67. The second-order valence-electron chi connectivity index (χ2n) is 14.2. The van der Waals surface area contributed by atoms with E-state index in [0.717, 1.165) is 55.7 Å². The van der Waals surface area contributed by atoms with Crippen molar-refractivity contribution in [2.75, 3.05) is 46.4 Å². The zero-order valence-corrected chi connectivity index (χ0v) is 28.8. The summed E-state index contributed by atoms with van der Waals surface area (Å²) in [5.74, 6) is 0.120. The summed E-state index contributed by atoms with van der Waals surface area (Å²) in [4.78, 5) is 61.0. The van der Waals surface area contributed by atoms with Gasteiger partial charge < -0.3 is 14.4 Å². The fraction of sp³-hybridized carbons (Fsp3) is 0.556. The van der Waals surface area contributed by atoms with Crippen molar-refractivity contribution in [3.05, 3.63) is 64.1 Å². The van der Waals surface area contributed by atoms with Crippen LogP contribution >= 0.6 is 0 Å². The number of rotatable bonds is 7. The van der Waals surface area contributed by atoms with E-state index in [9.17, 15) is 19.2 Å². The molecule has 0 bridgehead atoms. The molecule has 0 spiro atoms. The highest BCUT2D eigenvalue weighted by Crippen LogP contribution is 2.30. The number of aryl methyl sites for hydroxylation is 1. The minimum atomic E-state index is -0.752. The van der Waals surface area contributed by atoms with Gasteiger partial charge in [0, 0.05) is 65.3 Å². The summed E-state index contributed by atoms with van der Waals surface area (Å²) >= 11 is 0. The van der Waals surface area contributed by atoms with Crippen molar-refractivity contribution in [2.24, 2.45) is 7.05 Å². The third kappa shape index (κ3) is 7.00. The number of methoxy groups -OCH3 is 1. The fourth-order valence-corrected chi connectivity index (χ4v) is 7.36. The molecule has 0 radical (unpaired) electrons. The summed E-state index contributed by atoms with van der Waals surface area (Å²) in [5, 5.41) is 0. The zero-order valence-electron chi connectivity index (χ0n) is 28.8. The molecule has 4 heterocycles. The molecule has 3 saturated heterocycles. The Morgan fingerprint density at radius 3 is 2.21 bits per heavy atom. The number of piperidine rings is 2. The number of fused-ring (bicyclic) bond motifs is 1. The lowest BCUT2D eigenvalue weighted by Gasteiger charge is -2.42. The smallest absolute Gasteiger partial charge is 0.410 e. The number of likely N-dealkylation sites (tertiary alicyclic amines) is 2. The molecule has 0 N–H and O–H groups in total. The molecule has 1 aromatic heterocycles. The molecular weight excluding hydrogens is 612 g/mol. The normalized spacial score (nSPS) is 20.5. The Bertz CT molecular complexity index is 1710. The van der Waals surface area contributed by atoms with Crippen LogP contribution in [0.15, 0.2) is 47.3 Å². The van der Waals surface area contributed by atoms with Gasteiger partial charge in [0.25, 0.3) is 5.91 Å². The fourth-order valence-electron chi connectivity index (χ4n) is 7.36. The topological polar surface area (TPSA) is 110 Å². The Labute approximate surface area is 281 Å². The Hall–Kier alpha value is -4.16. The standard InChI is InChI=1S/C36H48N6O6/c1-36(2,3)48-35(46)40-17-15-27(16-18-40)39-21-19-38(20-22-39)24-26-7-6-8-29-32(26)37(4)34(45)42(29)30-13-14-31(43)41(33(30)44)23-25-9-11-28(47-5)12-10-25/h6-12,27,30H,13-24H2,1-5H3. The van der Waals surface area contributed by atoms with Crippen molar-refractivity contribution in [1.82, 2.24) is 28.7 Å². The highest BCUT2D eigenvalue weighted by molar-refractivity contribution is 6.00. The summed E-state index contributed by atoms with van der Waals surface area (Å²) in [6.07, 6.45) is 2.14. The van der Waals surface area contributed by atoms with Gasteiger partial charge in [0.1, 0.15) is 17.4 Å². The van der Waals surface area contributed by atoms with E-state index in [1.807, 2.05) is 49.9 Å². The third-order valence-electron chi connectivity index (χ3n) is 9.91. The van der Waals surface area contributed by atoms with Gasteiger partial charge >= 0.3 is 11.8 Å². The largest absolute Gasteiger partial charge is 0.497 e. The number of imide groups is 1. The third-order valence-corrected chi connectivity index (χ3v) is 9.91. The first-order chi connectivity index (χ1) is 22.9. The molecule has 1 atom stereocenters. The minimum Gasteiger partial charge on any atom is -0.497 e. The summed E-state index contributed by atoms with van der Waals surface area (Å²) in [5.41, 5.74) is 2.66. The van der Waals surface area contributed by atoms with Gasteiger partial charge in [0.2, 0.25) is 5.91 Å². The van der Waals surface area contributed by atoms with E-state index in [1.165, 1.54) is 4.90 Å². The number of carbonyl (C=O) groups excluding carboxylic acids is 3. The lowest BCUT2D eigenvalue weighted by atomic mass is 10.0. The molecule has 2 aromatic carbocycles. The number of nitrogens with zero attached hydrogens (tertiary/aromatic N) is 6. The zero-order chi connectivity index (χ0) is 34.2. The average molecular weight is 661 g/mol.